The van der Waals surface area contributed by atoms with Crippen molar-refractivity contribution in [1.82, 2.24) is 10.2 Å². The van der Waals surface area contributed by atoms with E-state index in [2.05, 4.69) is 22.2 Å². The molecule has 0 radical (unpaired) electrons. The van der Waals surface area contributed by atoms with E-state index in [0.717, 1.165) is 44.0 Å². The van der Waals surface area contributed by atoms with E-state index in [4.69, 9.17) is 4.74 Å². The highest BCUT2D eigenvalue weighted by molar-refractivity contribution is 5.97. The van der Waals surface area contributed by atoms with Crippen molar-refractivity contribution in [2.24, 2.45) is 0 Å². The molecule has 2 amide bonds. The van der Waals surface area contributed by atoms with Crippen LogP contribution in [0.4, 0.5) is 11.4 Å². The second-order valence-electron chi connectivity index (χ2n) is 6.61. The number of methoxy groups -OCH3 is 1. The molecule has 0 spiro atoms. The number of nitrogens with one attached hydrogen (secondary N) is 1. The first-order chi connectivity index (χ1) is 12.5. The van der Waals surface area contributed by atoms with Crippen molar-refractivity contribution < 1.29 is 14.3 Å². The van der Waals surface area contributed by atoms with Crippen LogP contribution in [0, 0.1) is 0 Å². The highest BCUT2D eigenvalue weighted by atomic mass is 16.5. The van der Waals surface area contributed by atoms with Crippen LogP contribution in [0.2, 0.25) is 0 Å². The van der Waals surface area contributed by atoms with Gasteiger partial charge in [-0.25, -0.2) is 0 Å². The Kier molecular flexibility index (Phi) is 7.87. The number of nitrogens with zero attached hydrogens (tertiary/aromatic N) is 3. The molecular weight excluding hydrogens is 332 g/mol. The van der Waals surface area contributed by atoms with Gasteiger partial charge < -0.3 is 24.8 Å². The lowest BCUT2D eigenvalue weighted by Crippen LogP contribution is -2.44. The minimum Gasteiger partial charge on any atom is -0.385 e. The number of rotatable bonds is 8. The molecule has 1 aliphatic heterocycles. The molecule has 1 fully saturated rings. The molecule has 0 aliphatic carbocycles. The molecule has 0 unspecified atom stereocenters. The van der Waals surface area contributed by atoms with Crippen LogP contribution in [0.25, 0.3) is 0 Å². The summed E-state index contributed by atoms with van der Waals surface area (Å²) >= 11 is 0. The molecule has 7 heteroatoms. The van der Waals surface area contributed by atoms with E-state index in [1.807, 2.05) is 24.3 Å². The summed E-state index contributed by atoms with van der Waals surface area (Å²) in [5, 5.41) is 2.81. The van der Waals surface area contributed by atoms with Crippen LogP contribution < -0.4 is 15.1 Å². The summed E-state index contributed by atoms with van der Waals surface area (Å²) in [5.74, 6) is -0.316. The van der Waals surface area contributed by atoms with E-state index in [1.54, 1.807) is 7.11 Å². The van der Waals surface area contributed by atoms with Gasteiger partial charge in [-0.1, -0.05) is 0 Å². The number of piperazine rings is 1. The first kappa shape index (κ1) is 20.2. The van der Waals surface area contributed by atoms with Gasteiger partial charge in [-0.05, 0) is 37.7 Å². The van der Waals surface area contributed by atoms with Crippen LogP contribution in [0.1, 0.15) is 13.3 Å². The van der Waals surface area contributed by atoms with E-state index in [-0.39, 0.29) is 18.4 Å². The number of likely N-dealkylation sites (N-methyl/N-ethyl adjacent to an activating group) is 1. The van der Waals surface area contributed by atoms with E-state index < -0.39 is 0 Å². The SMILES string of the molecule is COCCCNC(=O)CN(C(C)=O)c1ccc(N2CCN(C)CC2)cc1. The molecule has 0 bridgehead atoms. The highest BCUT2D eigenvalue weighted by Crippen LogP contribution is 2.22. The van der Waals surface area contributed by atoms with Gasteiger partial charge in [-0.2, -0.15) is 0 Å². The first-order valence-electron chi connectivity index (χ1n) is 9.08. The Bertz CT molecular complexity index is 583. The van der Waals surface area contributed by atoms with Crippen LogP contribution in [0.3, 0.4) is 0 Å². The summed E-state index contributed by atoms with van der Waals surface area (Å²) in [5.41, 5.74) is 1.89. The first-order valence-corrected chi connectivity index (χ1v) is 9.08. The quantitative estimate of drug-likeness (QED) is 0.698. The number of amides is 2. The number of anilines is 2. The van der Waals surface area contributed by atoms with E-state index in [1.165, 1.54) is 11.8 Å². The Balaban J connectivity index is 1.94. The van der Waals surface area contributed by atoms with Crippen molar-refractivity contribution in [3.8, 4) is 0 Å². The number of carbonyl (C=O) groups is 2. The van der Waals surface area contributed by atoms with Crippen LogP contribution in [0.5, 0.6) is 0 Å². The summed E-state index contributed by atoms with van der Waals surface area (Å²) in [7, 11) is 3.76. The average molecular weight is 362 g/mol. The second-order valence-corrected chi connectivity index (χ2v) is 6.61. The minimum absolute atomic E-state index is 0.0240. The van der Waals surface area contributed by atoms with Gasteiger partial charge in [0.25, 0.3) is 0 Å². The standard InChI is InChI=1S/C19H30N4O3/c1-16(24)23(15-19(25)20-9-4-14-26-3)18-7-5-17(6-8-18)22-12-10-21(2)11-13-22/h5-8H,4,9-15H2,1-3H3,(H,20,25). The van der Waals surface area contributed by atoms with Gasteiger partial charge in [0.15, 0.2) is 0 Å². The topological polar surface area (TPSA) is 65.1 Å². The summed E-state index contributed by atoms with van der Waals surface area (Å²) in [6.45, 7) is 6.73. The maximum Gasteiger partial charge on any atom is 0.240 e. The number of hydrogen-bond acceptors (Lipinski definition) is 5. The van der Waals surface area contributed by atoms with Gasteiger partial charge in [0.2, 0.25) is 11.8 Å². The van der Waals surface area contributed by atoms with E-state index in [9.17, 15) is 9.59 Å². The van der Waals surface area contributed by atoms with Gasteiger partial charge in [-0.3, -0.25) is 9.59 Å². The maximum absolute atomic E-state index is 12.1. The molecule has 1 N–H and O–H groups in total. The Morgan fingerprint density at radius 3 is 2.38 bits per heavy atom. The zero-order chi connectivity index (χ0) is 18.9. The number of benzene rings is 1. The van der Waals surface area contributed by atoms with Gasteiger partial charge in [0.1, 0.15) is 6.54 Å². The third-order valence-electron chi connectivity index (χ3n) is 4.56. The molecule has 7 nitrogen and oxygen atoms in total. The summed E-state index contributed by atoms with van der Waals surface area (Å²) in [6.07, 6.45) is 0.752. The Morgan fingerprint density at radius 2 is 1.81 bits per heavy atom. The molecule has 0 aromatic heterocycles. The zero-order valence-corrected chi connectivity index (χ0v) is 16.0. The Hall–Kier alpha value is -2.12. The van der Waals surface area contributed by atoms with Crippen molar-refractivity contribution in [3.05, 3.63) is 24.3 Å². The molecule has 1 aromatic carbocycles. The lowest BCUT2D eigenvalue weighted by Gasteiger charge is -2.34. The Morgan fingerprint density at radius 1 is 1.15 bits per heavy atom. The predicted octanol–water partition coefficient (Wildman–Crippen LogP) is 0.944. The lowest BCUT2D eigenvalue weighted by molar-refractivity contribution is -0.123. The molecule has 26 heavy (non-hydrogen) atoms. The fourth-order valence-corrected chi connectivity index (χ4v) is 2.94. The number of hydrogen-bond donors (Lipinski definition) is 1. The summed E-state index contributed by atoms with van der Waals surface area (Å²) in [6, 6.07) is 7.86. The van der Waals surface area contributed by atoms with Crippen molar-refractivity contribution >= 4 is 23.2 Å². The van der Waals surface area contributed by atoms with Crippen LogP contribution in [-0.4, -0.2) is 76.7 Å². The second kappa shape index (κ2) is 10.1. The van der Waals surface area contributed by atoms with Gasteiger partial charge in [-0.15, -0.1) is 0 Å². The van der Waals surface area contributed by atoms with Crippen molar-refractivity contribution in [1.29, 1.82) is 0 Å². The van der Waals surface area contributed by atoms with Gasteiger partial charge in [0.05, 0.1) is 0 Å². The molecule has 1 aliphatic rings. The molecule has 2 rings (SSSR count). The maximum atomic E-state index is 12.1. The van der Waals surface area contributed by atoms with Gasteiger partial charge in [0, 0.05) is 64.7 Å². The summed E-state index contributed by atoms with van der Waals surface area (Å²) < 4.78 is 4.96. The monoisotopic (exact) mass is 362 g/mol. The zero-order valence-electron chi connectivity index (χ0n) is 16.0. The Labute approximate surface area is 155 Å². The summed E-state index contributed by atoms with van der Waals surface area (Å²) in [4.78, 5) is 30.2. The third kappa shape index (κ3) is 6.00. The van der Waals surface area contributed by atoms with Crippen LogP contribution in [0.15, 0.2) is 24.3 Å². The van der Waals surface area contributed by atoms with Gasteiger partial charge >= 0.3 is 0 Å². The van der Waals surface area contributed by atoms with Crippen molar-refractivity contribution in [3.63, 3.8) is 0 Å². The normalized spacial score (nSPS) is 15.0. The smallest absolute Gasteiger partial charge is 0.240 e. The molecule has 144 valence electrons. The molecule has 1 heterocycles. The number of ether oxygens (including phenoxy) is 1. The fourth-order valence-electron chi connectivity index (χ4n) is 2.94. The molecule has 1 aromatic rings. The third-order valence-corrected chi connectivity index (χ3v) is 4.56. The fraction of sp³-hybridized carbons (Fsp3) is 0.579. The van der Waals surface area contributed by atoms with E-state index >= 15 is 0 Å². The molecule has 1 saturated heterocycles. The minimum atomic E-state index is -0.167. The number of carbonyl (C=O) groups excluding carboxylic acids is 2. The average Bonchev–Trinajstić information content (AvgIpc) is 2.64. The van der Waals surface area contributed by atoms with Crippen LogP contribution >= 0.6 is 0 Å². The molecular formula is C19H30N4O3. The lowest BCUT2D eigenvalue weighted by atomic mass is 10.2. The predicted molar refractivity (Wildman–Crippen MR) is 104 cm³/mol. The van der Waals surface area contributed by atoms with Crippen molar-refractivity contribution in [2.45, 2.75) is 13.3 Å². The highest BCUT2D eigenvalue weighted by Gasteiger charge is 2.17. The van der Waals surface area contributed by atoms with Crippen molar-refractivity contribution in [2.75, 3.05) is 69.8 Å². The molecule has 0 saturated carbocycles. The van der Waals surface area contributed by atoms with E-state index in [0.29, 0.717) is 13.2 Å². The largest absolute Gasteiger partial charge is 0.385 e. The molecule has 0 atom stereocenters. The van der Waals surface area contributed by atoms with Crippen LogP contribution in [-0.2, 0) is 14.3 Å².